The third kappa shape index (κ3) is 5.56. The Morgan fingerprint density at radius 3 is 2.41 bits per heavy atom. The number of hydrogen-bond acceptors (Lipinski definition) is 4. The zero-order valence-corrected chi connectivity index (χ0v) is 24.2. The molecule has 0 bridgehead atoms. The number of carbonyl (C=O) groups excluding carboxylic acids is 1. The van der Waals surface area contributed by atoms with E-state index in [0.29, 0.717) is 13.1 Å². The summed E-state index contributed by atoms with van der Waals surface area (Å²) in [6.07, 6.45) is 3.78. The Hall–Kier alpha value is -4.55. The van der Waals surface area contributed by atoms with Gasteiger partial charge in [-0.1, -0.05) is 71.8 Å². The van der Waals surface area contributed by atoms with E-state index in [1.165, 1.54) is 5.56 Å². The normalized spacial score (nSPS) is 11.2. The summed E-state index contributed by atoms with van der Waals surface area (Å²) in [6.45, 7) is 4.89. The molecule has 2 amide bonds. The molecule has 0 atom stereocenters. The average molecular weight is 558 g/mol. The molecular formula is C35H31N3O2S. The van der Waals surface area contributed by atoms with Crippen molar-refractivity contribution in [1.82, 2.24) is 9.88 Å². The van der Waals surface area contributed by atoms with Crippen LogP contribution in [0.4, 0.5) is 10.5 Å². The highest BCUT2D eigenvalue weighted by Gasteiger charge is 2.23. The van der Waals surface area contributed by atoms with Gasteiger partial charge in [-0.05, 0) is 67.6 Å². The van der Waals surface area contributed by atoms with Crippen molar-refractivity contribution >= 4 is 45.4 Å². The number of pyridine rings is 1. The van der Waals surface area contributed by atoms with E-state index in [0.717, 1.165) is 60.5 Å². The van der Waals surface area contributed by atoms with Crippen LogP contribution in [0.25, 0.3) is 33.0 Å². The topological polar surface area (TPSA) is 58.4 Å². The first-order valence-corrected chi connectivity index (χ1v) is 14.8. The van der Waals surface area contributed by atoms with E-state index >= 15 is 0 Å². The Kier molecular flexibility index (Phi) is 7.49. The molecule has 0 fully saturated rings. The van der Waals surface area contributed by atoms with Gasteiger partial charge in [0.15, 0.2) is 0 Å². The van der Waals surface area contributed by atoms with Gasteiger partial charge in [0.25, 0.3) is 0 Å². The summed E-state index contributed by atoms with van der Waals surface area (Å²) in [5.74, 6) is 0.755. The first-order valence-electron chi connectivity index (χ1n) is 13.6. The van der Waals surface area contributed by atoms with Crippen molar-refractivity contribution in [2.45, 2.75) is 31.8 Å². The SMILES string of the molecule is CSc1ccc2ncccc2c1NC(=O)N(Cc1ccccc1)Cc1oc2ccc(C)cc2c1-c1ccc(C)cc1. The summed E-state index contributed by atoms with van der Waals surface area (Å²) in [7, 11) is 0. The van der Waals surface area contributed by atoms with E-state index in [-0.39, 0.29) is 6.03 Å². The van der Waals surface area contributed by atoms with Gasteiger partial charge in [0, 0.05) is 34.0 Å². The number of furan rings is 1. The first kappa shape index (κ1) is 26.7. The molecule has 2 heterocycles. The van der Waals surface area contributed by atoms with Crippen LogP contribution in [0, 0.1) is 13.8 Å². The Balaban J connectivity index is 1.43. The molecule has 0 aliphatic carbocycles. The molecule has 1 N–H and O–H groups in total. The zero-order chi connectivity index (χ0) is 28.3. The van der Waals surface area contributed by atoms with E-state index in [9.17, 15) is 4.79 Å². The lowest BCUT2D eigenvalue weighted by Crippen LogP contribution is -2.34. The van der Waals surface area contributed by atoms with Gasteiger partial charge >= 0.3 is 6.03 Å². The van der Waals surface area contributed by atoms with Crippen LogP contribution in [0.2, 0.25) is 0 Å². The van der Waals surface area contributed by atoms with Gasteiger partial charge in [-0.2, -0.15) is 0 Å². The van der Waals surface area contributed by atoms with Crippen molar-refractivity contribution in [3.8, 4) is 11.1 Å². The molecule has 0 saturated heterocycles. The summed E-state index contributed by atoms with van der Waals surface area (Å²) in [4.78, 5) is 21.4. The summed E-state index contributed by atoms with van der Waals surface area (Å²) in [5.41, 5.74) is 7.90. The van der Waals surface area contributed by atoms with Gasteiger partial charge in [-0.3, -0.25) is 4.98 Å². The van der Waals surface area contributed by atoms with Crippen molar-refractivity contribution in [3.05, 3.63) is 126 Å². The lowest BCUT2D eigenvalue weighted by molar-refractivity contribution is 0.202. The second kappa shape index (κ2) is 11.5. The van der Waals surface area contributed by atoms with Crippen LogP contribution in [0.3, 0.4) is 0 Å². The van der Waals surface area contributed by atoms with Crippen LogP contribution in [0.15, 0.2) is 113 Å². The van der Waals surface area contributed by atoms with Crippen LogP contribution in [-0.2, 0) is 13.1 Å². The van der Waals surface area contributed by atoms with E-state index in [1.54, 1.807) is 18.0 Å². The molecule has 0 radical (unpaired) electrons. The van der Waals surface area contributed by atoms with E-state index in [4.69, 9.17) is 4.42 Å². The third-order valence-electron chi connectivity index (χ3n) is 7.29. The first-order chi connectivity index (χ1) is 20.0. The van der Waals surface area contributed by atoms with Crippen LogP contribution in [0.1, 0.15) is 22.5 Å². The van der Waals surface area contributed by atoms with Crippen LogP contribution >= 0.6 is 11.8 Å². The van der Waals surface area contributed by atoms with Gasteiger partial charge in [0.2, 0.25) is 0 Å². The number of nitrogens with one attached hydrogen (secondary N) is 1. The Morgan fingerprint density at radius 1 is 0.854 bits per heavy atom. The minimum absolute atomic E-state index is 0.202. The maximum Gasteiger partial charge on any atom is 0.322 e. The molecular weight excluding hydrogens is 526 g/mol. The molecule has 2 aromatic heterocycles. The van der Waals surface area contributed by atoms with Gasteiger partial charge in [-0.15, -0.1) is 11.8 Å². The van der Waals surface area contributed by atoms with Crippen molar-refractivity contribution in [2.75, 3.05) is 11.6 Å². The predicted octanol–water partition coefficient (Wildman–Crippen LogP) is 9.22. The number of urea groups is 1. The van der Waals surface area contributed by atoms with Crippen LogP contribution < -0.4 is 5.32 Å². The van der Waals surface area contributed by atoms with Crippen molar-refractivity contribution in [2.24, 2.45) is 0 Å². The standard InChI is InChI=1S/C35H31N3O2S/c1-23-11-14-26(15-12-23)33-28-20-24(2)13-17-30(28)40-31(33)22-38(21-25-8-5-4-6-9-25)35(39)37-34-27-10-7-19-36-29(27)16-18-32(34)41-3/h4-20H,21-22H2,1-3H3,(H,37,39). The number of nitrogens with zero attached hydrogens (tertiary/aromatic N) is 2. The number of hydrogen-bond donors (Lipinski definition) is 1. The second-order valence-electron chi connectivity index (χ2n) is 10.3. The molecule has 4 aromatic carbocycles. The number of aryl methyl sites for hydroxylation is 2. The Bertz CT molecular complexity index is 1850. The fraction of sp³-hybridized carbons (Fsp3) is 0.143. The summed E-state index contributed by atoms with van der Waals surface area (Å²) in [5, 5.41) is 5.20. The maximum atomic E-state index is 14.1. The van der Waals surface area contributed by atoms with Crippen molar-refractivity contribution in [3.63, 3.8) is 0 Å². The third-order valence-corrected chi connectivity index (χ3v) is 8.07. The molecule has 6 aromatic rings. The largest absolute Gasteiger partial charge is 0.459 e. The van der Waals surface area contributed by atoms with E-state index < -0.39 is 0 Å². The van der Waals surface area contributed by atoms with E-state index in [1.807, 2.05) is 71.8 Å². The monoisotopic (exact) mass is 557 g/mol. The van der Waals surface area contributed by atoms with Crippen LogP contribution in [0.5, 0.6) is 0 Å². The number of benzene rings is 4. The van der Waals surface area contributed by atoms with Gasteiger partial charge in [0.05, 0.1) is 17.7 Å². The quantitative estimate of drug-likeness (QED) is 0.199. The lowest BCUT2D eigenvalue weighted by Gasteiger charge is -2.24. The highest BCUT2D eigenvalue weighted by atomic mass is 32.2. The molecule has 0 saturated carbocycles. The van der Waals surface area contributed by atoms with Gasteiger partial charge in [0.1, 0.15) is 11.3 Å². The number of anilines is 1. The molecule has 0 spiro atoms. The van der Waals surface area contributed by atoms with Crippen LogP contribution in [-0.4, -0.2) is 22.2 Å². The molecule has 6 rings (SSSR count). The molecule has 41 heavy (non-hydrogen) atoms. The smallest absolute Gasteiger partial charge is 0.322 e. The number of carbonyl (C=O) groups is 1. The van der Waals surface area contributed by atoms with Gasteiger partial charge < -0.3 is 14.6 Å². The summed E-state index contributed by atoms with van der Waals surface area (Å²) >= 11 is 1.60. The predicted molar refractivity (Wildman–Crippen MR) is 169 cm³/mol. The average Bonchev–Trinajstić information content (AvgIpc) is 3.34. The van der Waals surface area contributed by atoms with Crippen molar-refractivity contribution < 1.29 is 9.21 Å². The molecule has 0 unspecified atom stereocenters. The highest BCUT2D eigenvalue weighted by Crippen LogP contribution is 2.37. The fourth-order valence-corrected chi connectivity index (χ4v) is 5.77. The molecule has 204 valence electrons. The lowest BCUT2D eigenvalue weighted by atomic mass is 9.99. The summed E-state index contributed by atoms with van der Waals surface area (Å²) < 4.78 is 6.49. The summed E-state index contributed by atoms with van der Waals surface area (Å²) in [6, 6.07) is 32.5. The number of fused-ring (bicyclic) bond motifs is 2. The maximum absolute atomic E-state index is 14.1. The zero-order valence-electron chi connectivity index (χ0n) is 23.3. The molecule has 5 nitrogen and oxygen atoms in total. The fourth-order valence-electron chi connectivity index (χ4n) is 5.20. The van der Waals surface area contributed by atoms with Crippen molar-refractivity contribution in [1.29, 1.82) is 0 Å². The Labute approximate surface area is 244 Å². The number of rotatable bonds is 7. The minimum Gasteiger partial charge on any atom is -0.459 e. The number of amides is 2. The Morgan fingerprint density at radius 2 is 1.63 bits per heavy atom. The second-order valence-corrected chi connectivity index (χ2v) is 11.1. The molecule has 0 aliphatic heterocycles. The number of thioether (sulfide) groups is 1. The minimum atomic E-state index is -0.202. The van der Waals surface area contributed by atoms with E-state index in [2.05, 4.69) is 60.5 Å². The molecule has 6 heteroatoms. The number of aromatic nitrogens is 1. The highest BCUT2D eigenvalue weighted by molar-refractivity contribution is 7.98. The molecule has 0 aliphatic rings. The van der Waals surface area contributed by atoms with Gasteiger partial charge in [-0.25, -0.2) is 4.79 Å².